The maximum atomic E-state index is 13.0. The molecule has 2 heterocycles. The predicted molar refractivity (Wildman–Crippen MR) is 100 cm³/mol. The molecule has 150 valence electrons. The number of carbonyl (C=O) groups excluding carboxylic acids is 1. The molecule has 0 bridgehead atoms. The number of piperidine rings is 1. The average Bonchev–Trinajstić information content (AvgIpc) is 3.35. The van der Waals surface area contributed by atoms with E-state index in [4.69, 9.17) is 14.8 Å². The van der Waals surface area contributed by atoms with Gasteiger partial charge in [0.05, 0.1) is 7.11 Å². The lowest BCUT2D eigenvalue weighted by atomic mass is 9.74. The molecule has 4 rings (SSSR count). The molecule has 1 saturated carbocycles. The van der Waals surface area contributed by atoms with Crippen LogP contribution in [-0.2, 0) is 10.2 Å². The molecule has 7 nitrogen and oxygen atoms in total. The van der Waals surface area contributed by atoms with Gasteiger partial charge in [0.2, 0.25) is 0 Å². The fourth-order valence-electron chi connectivity index (χ4n) is 4.59. The lowest BCUT2D eigenvalue weighted by Gasteiger charge is -2.40. The van der Waals surface area contributed by atoms with E-state index in [0.29, 0.717) is 24.8 Å². The zero-order valence-electron chi connectivity index (χ0n) is 16.1. The highest BCUT2D eigenvalue weighted by Crippen LogP contribution is 2.57. The van der Waals surface area contributed by atoms with E-state index >= 15 is 0 Å². The van der Waals surface area contributed by atoms with Gasteiger partial charge >= 0.3 is 0 Å². The predicted octanol–water partition coefficient (Wildman–Crippen LogP) is 2.28. The summed E-state index contributed by atoms with van der Waals surface area (Å²) in [5, 5.41) is 16.5. The molecule has 8 heteroatoms. The fourth-order valence-corrected chi connectivity index (χ4v) is 4.59. The molecule has 1 aromatic carbocycles. The quantitative estimate of drug-likeness (QED) is 0.820. The molecular weight excluding hydrogens is 363 g/mol. The van der Waals surface area contributed by atoms with Gasteiger partial charge in [0.15, 0.2) is 5.82 Å². The second-order valence-corrected chi connectivity index (χ2v) is 7.88. The summed E-state index contributed by atoms with van der Waals surface area (Å²) < 4.78 is 18.1. The summed E-state index contributed by atoms with van der Waals surface area (Å²) in [7, 11) is 1.63. The Kier molecular flexibility index (Phi) is 4.82. The average molecular weight is 388 g/mol. The van der Waals surface area contributed by atoms with Crippen LogP contribution in [-0.4, -0.2) is 57.7 Å². The first-order valence-electron chi connectivity index (χ1n) is 9.63. The van der Waals surface area contributed by atoms with Crippen LogP contribution >= 0.6 is 0 Å². The highest BCUT2D eigenvalue weighted by atomic mass is 19.1. The van der Waals surface area contributed by atoms with Gasteiger partial charge in [0, 0.05) is 24.1 Å². The van der Waals surface area contributed by atoms with Gasteiger partial charge in [-0.25, -0.2) is 9.37 Å². The van der Waals surface area contributed by atoms with Gasteiger partial charge in [-0.2, -0.15) is 5.10 Å². The topological polar surface area (TPSA) is 91.3 Å². The maximum Gasteiger partial charge on any atom is 0.284 e. The summed E-state index contributed by atoms with van der Waals surface area (Å²) in [6.45, 7) is 2.98. The molecule has 1 aliphatic heterocycles. The first kappa shape index (κ1) is 18.9. The largest absolute Gasteiger partial charge is 0.497 e. The minimum Gasteiger partial charge on any atom is -0.497 e. The molecule has 1 amide bonds. The number of amides is 1. The number of nitrogens with zero attached hydrogens (tertiary/aromatic N) is 3. The number of likely N-dealkylation sites (tertiary alicyclic amines) is 1. The molecule has 2 fully saturated rings. The molecule has 0 radical (unpaired) electrons. The lowest BCUT2D eigenvalue weighted by molar-refractivity contribution is -0.152. The number of hydrogen-bond acceptors (Lipinski definition) is 5. The zero-order valence-corrected chi connectivity index (χ0v) is 16.1. The van der Waals surface area contributed by atoms with Gasteiger partial charge in [0.25, 0.3) is 12.3 Å². The first-order valence-corrected chi connectivity index (χ1v) is 9.63. The molecule has 3 atom stereocenters. The number of nitrogens with one attached hydrogen (secondary N) is 1. The van der Waals surface area contributed by atoms with Crippen LogP contribution in [0.1, 0.15) is 32.0 Å². The van der Waals surface area contributed by atoms with Crippen molar-refractivity contribution in [2.75, 3.05) is 20.2 Å². The number of H-pyrrole nitrogens is 1. The summed E-state index contributed by atoms with van der Waals surface area (Å²) in [4.78, 5) is 18.0. The van der Waals surface area contributed by atoms with Gasteiger partial charge in [-0.05, 0) is 55.4 Å². The number of methoxy groups -OCH3 is 1. The molecule has 2 N–H and O–H groups in total. The number of carbonyl (C=O) groups is 1. The Morgan fingerprint density at radius 1 is 1.39 bits per heavy atom. The fraction of sp³-hybridized carbons (Fsp3) is 0.550. The lowest BCUT2D eigenvalue weighted by Crippen LogP contribution is -2.48. The number of ether oxygens (including phenoxy) is 1. The van der Waals surface area contributed by atoms with Crippen LogP contribution in [0.4, 0.5) is 4.39 Å². The number of aromatic amines is 1. The smallest absolute Gasteiger partial charge is 0.284 e. The molecule has 1 aliphatic carbocycles. The number of alkyl halides is 1. The van der Waals surface area contributed by atoms with E-state index in [1.54, 1.807) is 7.11 Å². The molecule has 0 unspecified atom stereocenters. The summed E-state index contributed by atoms with van der Waals surface area (Å²) in [5.74, 6) is 2.02. The Hall–Kier alpha value is -2.48. The van der Waals surface area contributed by atoms with Crippen LogP contribution in [0.2, 0.25) is 0 Å². The van der Waals surface area contributed by atoms with E-state index in [0.717, 1.165) is 36.4 Å². The zero-order chi connectivity index (χ0) is 19.9. The third kappa shape index (κ3) is 3.26. The van der Waals surface area contributed by atoms with Crippen LogP contribution < -0.4 is 4.74 Å². The molecule has 2 aromatic rings. The number of halogens is 1. The van der Waals surface area contributed by atoms with E-state index in [2.05, 4.69) is 17.1 Å². The third-order valence-electron chi connectivity index (χ3n) is 6.22. The first-order chi connectivity index (χ1) is 13.4. The Bertz CT molecular complexity index is 847. The van der Waals surface area contributed by atoms with Gasteiger partial charge in [-0.1, -0.05) is 6.92 Å². The van der Waals surface area contributed by atoms with Crippen molar-refractivity contribution >= 4 is 5.91 Å². The monoisotopic (exact) mass is 388 g/mol. The van der Waals surface area contributed by atoms with Gasteiger partial charge in [-0.3, -0.25) is 9.89 Å². The van der Waals surface area contributed by atoms with Crippen LogP contribution in [0.15, 0.2) is 24.3 Å². The van der Waals surface area contributed by atoms with Crippen molar-refractivity contribution in [1.29, 1.82) is 0 Å². The van der Waals surface area contributed by atoms with Crippen molar-refractivity contribution < 1.29 is 19.0 Å². The molecule has 28 heavy (non-hydrogen) atoms. The van der Waals surface area contributed by atoms with E-state index in [1.807, 2.05) is 24.3 Å². The summed E-state index contributed by atoms with van der Waals surface area (Å²) >= 11 is 0. The van der Waals surface area contributed by atoms with E-state index in [1.165, 1.54) is 4.90 Å². The third-order valence-corrected chi connectivity index (χ3v) is 6.22. The normalized spacial score (nSPS) is 24.6. The number of benzene rings is 1. The van der Waals surface area contributed by atoms with Crippen molar-refractivity contribution in [1.82, 2.24) is 20.1 Å². The van der Waals surface area contributed by atoms with E-state index in [9.17, 15) is 9.18 Å². The van der Waals surface area contributed by atoms with Gasteiger partial charge in [-0.15, -0.1) is 0 Å². The Morgan fingerprint density at radius 2 is 2.11 bits per heavy atom. The van der Waals surface area contributed by atoms with Crippen molar-refractivity contribution in [3.8, 4) is 17.1 Å². The Morgan fingerprint density at radius 3 is 2.68 bits per heavy atom. The van der Waals surface area contributed by atoms with Crippen molar-refractivity contribution in [2.24, 2.45) is 11.8 Å². The number of aromatic nitrogens is 3. The Labute approximate surface area is 162 Å². The van der Waals surface area contributed by atoms with Crippen molar-refractivity contribution in [3.05, 3.63) is 30.1 Å². The number of aliphatic hydroxyl groups is 1. The highest BCUT2D eigenvalue weighted by Gasteiger charge is 2.55. The minimum absolute atomic E-state index is 0.0550. The van der Waals surface area contributed by atoms with Gasteiger partial charge in [0.1, 0.15) is 11.6 Å². The molecule has 1 saturated heterocycles. The van der Waals surface area contributed by atoms with Crippen LogP contribution in [0.25, 0.3) is 11.4 Å². The minimum atomic E-state index is -2.43. The van der Waals surface area contributed by atoms with Crippen LogP contribution in [0.3, 0.4) is 0 Å². The second-order valence-electron chi connectivity index (χ2n) is 7.88. The van der Waals surface area contributed by atoms with Crippen LogP contribution in [0, 0.1) is 11.8 Å². The summed E-state index contributed by atoms with van der Waals surface area (Å²) in [6, 6.07) is 7.62. The van der Waals surface area contributed by atoms with Crippen molar-refractivity contribution in [2.45, 2.75) is 38.0 Å². The number of hydrogen-bond donors (Lipinski definition) is 2. The maximum absolute atomic E-state index is 13.0. The summed E-state index contributed by atoms with van der Waals surface area (Å²) in [6.07, 6.45) is 0.385. The molecule has 2 aliphatic rings. The molecular formula is C20H25FN4O3. The standard InChI is InChI=1S/C20H25FN4O3/c1-12-11-25(18(27)16(21)26)10-7-15(12)20(8-9-20)19-22-17(23-24-19)13-3-5-14(28-2)6-4-13/h3-6,12,15-16,26H,7-11H2,1-2H3,(H,22,23,24)/t12-,15+,16-/m1/s1. The number of rotatable bonds is 5. The van der Waals surface area contributed by atoms with E-state index in [-0.39, 0.29) is 11.3 Å². The molecule has 0 spiro atoms. The highest BCUT2D eigenvalue weighted by molar-refractivity contribution is 5.79. The van der Waals surface area contributed by atoms with E-state index < -0.39 is 12.3 Å². The second kappa shape index (κ2) is 7.16. The van der Waals surface area contributed by atoms with Gasteiger partial charge < -0.3 is 14.7 Å². The van der Waals surface area contributed by atoms with Crippen molar-refractivity contribution in [3.63, 3.8) is 0 Å². The Balaban J connectivity index is 1.50. The number of aliphatic hydroxyl groups excluding tert-OH is 1. The van der Waals surface area contributed by atoms with Crippen LogP contribution in [0.5, 0.6) is 5.75 Å². The molecule has 1 aromatic heterocycles. The SMILES string of the molecule is COc1ccc(-c2n[nH]c(C3([C@H]4CCN(C(=O)[C@@H](O)F)C[C@H]4C)CC3)n2)cc1. The summed E-state index contributed by atoms with van der Waals surface area (Å²) in [5.41, 5.74) is 0.866.